The Morgan fingerprint density at radius 2 is 1.84 bits per heavy atom. The molecule has 0 unspecified atom stereocenters. The van der Waals surface area contributed by atoms with Crippen LogP contribution in [0.25, 0.3) is 6.08 Å². The molecule has 1 fully saturated rings. The third-order valence-corrected chi connectivity index (χ3v) is 5.18. The van der Waals surface area contributed by atoms with E-state index < -0.39 is 23.9 Å². The number of likely N-dealkylation sites (N-methyl/N-ethyl adjacent to an activating group) is 3. The van der Waals surface area contributed by atoms with Gasteiger partial charge in [0.15, 0.2) is 11.5 Å². The van der Waals surface area contributed by atoms with Gasteiger partial charge in [-0.15, -0.1) is 0 Å². The second-order valence-electron chi connectivity index (χ2n) is 7.16. The van der Waals surface area contributed by atoms with Crippen molar-refractivity contribution in [3.05, 3.63) is 22.8 Å². The molecule has 1 aromatic rings. The fourth-order valence-corrected chi connectivity index (χ4v) is 3.38. The zero-order valence-electron chi connectivity index (χ0n) is 18.6. The van der Waals surface area contributed by atoms with Crippen molar-refractivity contribution in [3.63, 3.8) is 0 Å². The van der Waals surface area contributed by atoms with Crippen LogP contribution in [0.1, 0.15) is 18.1 Å². The van der Waals surface area contributed by atoms with Crippen LogP contribution in [-0.4, -0.2) is 86.8 Å². The Hall–Kier alpha value is -3.76. The molecule has 11 nitrogen and oxygen atoms in total. The summed E-state index contributed by atoms with van der Waals surface area (Å²) in [6, 6.07) is 0.998. The van der Waals surface area contributed by atoms with Crippen LogP contribution in [0, 0.1) is 0 Å². The number of urea groups is 1. The minimum atomic E-state index is -0.729. The molecular formula is C21H25N3O8. The zero-order valence-corrected chi connectivity index (χ0v) is 18.6. The number of rotatable bonds is 6. The molecule has 0 bridgehead atoms. The minimum Gasteiger partial charge on any atom is -0.492 e. The molecule has 1 aromatic carbocycles. The first-order valence-corrected chi connectivity index (χ1v) is 9.90. The highest BCUT2D eigenvalue weighted by Gasteiger charge is 2.38. The molecule has 0 spiro atoms. The number of carbonyl (C=O) groups is 4. The first kappa shape index (κ1) is 22.9. The summed E-state index contributed by atoms with van der Waals surface area (Å²) in [5.41, 5.74) is 0.867. The lowest BCUT2D eigenvalue weighted by Gasteiger charge is -2.29. The fourth-order valence-electron chi connectivity index (χ4n) is 3.38. The molecule has 3 rings (SSSR count). The van der Waals surface area contributed by atoms with E-state index >= 15 is 0 Å². The van der Waals surface area contributed by atoms with Gasteiger partial charge in [-0.3, -0.25) is 19.4 Å². The number of benzene rings is 1. The third kappa shape index (κ3) is 4.05. The predicted molar refractivity (Wildman–Crippen MR) is 111 cm³/mol. The summed E-state index contributed by atoms with van der Waals surface area (Å²) in [7, 11) is 5.63. The van der Waals surface area contributed by atoms with Crippen molar-refractivity contribution in [2.75, 3.05) is 48.2 Å². The molecule has 11 heteroatoms. The Morgan fingerprint density at radius 1 is 1.19 bits per heavy atom. The molecule has 0 aliphatic carbocycles. The number of hydrogen-bond acceptors (Lipinski definition) is 8. The van der Waals surface area contributed by atoms with E-state index in [4.69, 9.17) is 18.9 Å². The van der Waals surface area contributed by atoms with Crippen LogP contribution in [0.3, 0.4) is 0 Å². The number of fused-ring (bicyclic) bond motifs is 1. The molecule has 0 aromatic heterocycles. The van der Waals surface area contributed by atoms with Crippen LogP contribution >= 0.6 is 0 Å². The van der Waals surface area contributed by atoms with Gasteiger partial charge in [-0.2, -0.15) is 0 Å². The van der Waals surface area contributed by atoms with Crippen LogP contribution in [0.2, 0.25) is 0 Å². The summed E-state index contributed by atoms with van der Waals surface area (Å²) in [4.78, 5) is 52.5. The van der Waals surface area contributed by atoms with Gasteiger partial charge in [-0.25, -0.2) is 9.59 Å². The van der Waals surface area contributed by atoms with Crippen molar-refractivity contribution >= 4 is 30.0 Å². The summed E-state index contributed by atoms with van der Waals surface area (Å²) in [6.07, 6.45) is 1.25. The molecule has 172 valence electrons. The highest BCUT2D eigenvalue weighted by molar-refractivity contribution is 6.30. The highest BCUT2D eigenvalue weighted by Crippen LogP contribution is 2.46. The molecule has 0 saturated carbocycles. The third-order valence-electron chi connectivity index (χ3n) is 5.18. The monoisotopic (exact) mass is 447 g/mol. The smallest absolute Gasteiger partial charge is 0.409 e. The average molecular weight is 447 g/mol. The Kier molecular flexibility index (Phi) is 6.56. The van der Waals surface area contributed by atoms with E-state index in [1.165, 1.54) is 32.2 Å². The Labute approximate surface area is 185 Å². The second-order valence-corrected chi connectivity index (χ2v) is 7.16. The zero-order chi connectivity index (χ0) is 23.6. The van der Waals surface area contributed by atoms with Crippen molar-refractivity contribution in [1.82, 2.24) is 14.7 Å². The molecular weight excluding hydrogens is 422 g/mol. The molecule has 5 amide bonds. The van der Waals surface area contributed by atoms with Crippen LogP contribution in [-0.2, 0) is 20.7 Å². The van der Waals surface area contributed by atoms with Crippen molar-refractivity contribution in [3.8, 4) is 17.2 Å². The molecule has 2 aliphatic rings. The van der Waals surface area contributed by atoms with Gasteiger partial charge in [-0.05, 0) is 31.1 Å². The van der Waals surface area contributed by atoms with E-state index in [0.717, 1.165) is 9.80 Å². The number of ether oxygens (including phenoxy) is 4. The number of methoxy groups -OCH3 is 1. The SMILES string of the molecule is CCOC(=O)N(C)CCc1cc2c(c(OC)c1C=C1C(=O)N(C)C(=O)N(C)C1=O)OCO2. The lowest BCUT2D eigenvalue weighted by molar-refractivity contribution is -0.134. The Morgan fingerprint density at radius 3 is 2.44 bits per heavy atom. The first-order valence-electron chi connectivity index (χ1n) is 9.90. The number of amides is 5. The van der Waals surface area contributed by atoms with E-state index in [1.807, 2.05) is 0 Å². The van der Waals surface area contributed by atoms with E-state index in [1.54, 1.807) is 20.0 Å². The normalized spacial score (nSPS) is 15.3. The standard InChI is InChI=1S/C21H25N3O8/c1-6-30-21(28)22(2)8-7-12-9-15-17(32-11-31-15)16(29-5)13(12)10-14-18(25)23(3)20(27)24(4)19(14)26/h9-10H,6-8,11H2,1-5H3. The van der Waals surface area contributed by atoms with Crippen molar-refractivity contribution < 1.29 is 38.1 Å². The topological polar surface area (TPSA) is 115 Å². The molecule has 0 atom stereocenters. The van der Waals surface area contributed by atoms with Gasteiger partial charge in [0.1, 0.15) is 5.57 Å². The van der Waals surface area contributed by atoms with E-state index in [2.05, 4.69) is 0 Å². The average Bonchev–Trinajstić information content (AvgIpc) is 3.25. The number of carbonyl (C=O) groups excluding carboxylic acids is 4. The predicted octanol–water partition coefficient (Wildman–Crippen LogP) is 1.49. The van der Waals surface area contributed by atoms with Gasteiger partial charge in [-0.1, -0.05) is 0 Å². The summed E-state index contributed by atoms with van der Waals surface area (Å²) in [5, 5.41) is 0. The lowest BCUT2D eigenvalue weighted by atomic mass is 9.98. The molecule has 32 heavy (non-hydrogen) atoms. The van der Waals surface area contributed by atoms with Gasteiger partial charge in [0, 0.05) is 33.3 Å². The van der Waals surface area contributed by atoms with E-state index in [-0.39, 0.29) is 31.3 Å². The van der Waals surface area contributed by atoms with Crippen molar-refractivity contribution in [2.24, 2.45) is 0 Å². The van der Waals surface area contributed by atoms with Gasteiger partial charge >= 0.3 is 12.1 Å². The van der Waals surface area contributed by atoms with Crippen LogP contribution in [0.4, 0.5) is 9.59 Å². The van der Waals surface area contributed by atoms with Gasteiger partial charge in [0.25, 0.3) is 11.8 Å². The first-order chi connectivity index (χ1) is 15.2. The van der Waals surface area contributed by atoms with Crippen LogP contribution in [0.15, 0.2) is 11.6 Å². The number of hydrogen-bond donors (Lipinski definition) is 0. The number of barbiturate groups is 1. The highest BCUT2D eigenvalue weighted by atomic mass is 16.7. The second kappa shape index (κ2) is 9.16. The van der Waals surface area contributed by atoms with Crippen molar-refractivity contribution in [1.29, 1.82) is 0 Å². The van der Waals surface area contributed by atoms with Gasteiger partial charge < -0.3 is 23.8 Å². The maximum Gasteiger partial charge on any atom is 0.409 e. The molecule has 2 aliphatic heterocycles. The maximum atomic E-state index is 12.7. The Bertz CT molecular complexity index is 977. The summed E-state index contributed by atoms with van der Waals surface area (Å²) >= 11 is 0. The summed E-state index contributed by atoms with van der Waals surface area (Å²) < 4.78 is 21.5. The fraction of sp³-hybridized carbons (Fsp3) is 0.429. The lowest BCUT2D eigenvalue weighted by Crippen LogP contribution is -2.52. The largest absolute Gasteiger partial charge is 0.492 e. The molecule has 0 radical (unpaired) electrons. The van der Waals surface area contributed by atoms with Crippen LogP contribution in [0.5, 0.6) is 17.2 Å². The van der Waals surface area contributed by atoms with E-state index in [0.29, 0.717) is 29.0 Å². The van der Waals surface area contributed by atoms with Gasteiger partial charge in [0.2, 0.25) is 12.5 Å². The number of imide groups is 2. The summed E-state index contributed by atoms with van der Waals surface area (Å²) in [5.74, 6) is -0.386. The summed E-state index contributed by atoms with van der Waals surface area (Å²) in [6.45, 7) is 2.25. The van der Waals surface area contributed by atoms with Gasteiger partial charge in [0.05, 0.1) is 13.7 Å². The maximum absolute atomic E-state index is 12.7. The Balaban J connectivity index is 2.06. The van der Waals surface area contributed by atoms with Crippen molar-refractivity contribution in [2.45, 2.75) is 13.3 Å². The molecule has 1 saturated heterocycles. The molecule has 0 N–H and O–H groups in total. The molecule has 2 heterocycles. The van der Waals surface area contributed by atoms with Crippen LogP contribution < -0.4 is 14.2 Å². The van der Waals surface area contributed by atoms with E-state index in [9.17, 15) is 19.2 Å². The number of nitrogens with zero attached hydrogens (tertiary/aromatic N) is 3. The quantitative estimate of drug-likeness (QED) is 0.476. The minimum absolute atomic E-state index is 0.00821.